The van der Waals surface area contributed by atoms with Gasteiger partial charge in [-0.15, -0.1) is 0 Å². The number of unbranched alkanes of at least 4 members (excludes halogenated alkanes) is 2. The number of aromatic nitrogens is 2. The van der Waals surface area contributed by atoms with Gasteiger partial charge in [0.25, 0.3) is 5.91 Å². The van der Waals surface area contributed by atoms with Gasteiger partial charge in [-0.25, -0.2) is 9.97 Å². The van der Waals surface area contributed by atoms with Crippen molar-refractivity contribution in [2.24, 2.45) is 0 Å². The van der Waals surface area contributed by atoms with Gasteiger partial charge in [-0.3, -0.25) is 4.79 Å². The minimum Gasteiger partial charge on any atom is -0.353 e. The van der Waals surface area contributed by atoms with Crippen LogP contribution < -0.4 is 4.90 Å². The summed E-state index contributed by atoms with van der Waals surface area (Å²) >= 11 is 0. The molecule has 0 unspecified atom stereocenters. The van der Waals surface area contributed by atoms with E-state index in [9.17, 15) is 4.79 Å². The molecule has 1 amide bonds. The van der Waals surface area contributed by atoms with Crippen LogP contribution in [0.5, 0.6) is 0 Å². The van der Waals surface area contributed by atoms with E-state index in [1.807, 2.05) is 35.2 Å². The van der Waals surface area contributed by atoms with E-state index in [0.717, 1.165) is 60.0 Å². The molecule has 1 aliphatic heterocycles. The fraction of sp³-hybridized carbons (Fsp3) is 0.343. The van der Waals surface area contributed by atoms with Crippen LogP contribution >= 0.6 is 0 Å². The molecule has 206 valence electrons. The lowest BCUT2D eigenvalue weighted by Gasteiger charge is -2.36. The van der Waals surface area contributed by atoms with E-state index in [0.29, 0.717) is 13.1 Å². The first-order valence-corrected chi connectivity index (χ1v) is 14.6. The van der Waals surface area contributed by atoms with Crippen LogP contribution in [0.4, 0.5) is 5.82 Å². The summed E-state index contributed by atoms with van der Waals surface area (Å²) in [4.78, 5) is 27.7. The second-order valence-corrected chi connectivity index (χ2v) is 10.9. The van der Waals surface area contributed by atoms with Crippen LogP contribution in [0.25, 0.3) is 11.4 Å². The van der Waals surface area contributed by atoms with Crippen LogP contribution in [-0.2, 0) is 12.8 Å². The molecule has 0 bridgehead atoms. The summed E-state index contributed by atoms with van der Waals surface area (Å²) in [5.41, 5.74) is 7.76. The van der Waals surface area contributed by atoms with Crippen molar-refractivity contribution in [3.63, 3.8) is 0 Å². The van der Waals surface area contributed by atoms with Crippen molar-refractivity contribution in [2.45, 2.75) is 52.9 Å². The Labute approximate surface area is 238 Å². The normalized spacial score (nSPS) is 13.5. The molecule has 5 nitrogen and oxygen atoms in total. The number of rotatable bonds is 9. The smallest absolute Gasteiger partial charge is 0.253 e. The Bertz CT molecular complexity index is 1420. The van der Waals surface area contributed by atoms with Crippen LogP contribution in [0.1, 0.15) is 64.5 Å². The zero-order valence-electron chi connectivity index (χ0n) is 24.1. The van der Waals surface area contributed by atoms with Gasteiger partial charge in [0, 0.05) is 55.0 Å². The molecule has 1 aromatic heterocycles. The van der Waals surface area contributed by atoms with Crippen LogP contribution in [0.15, 0.2) is 78.9 Å². The van der Waals surface area contributed by atoms with Gasteiger partial charge < -0.3 is 9.80 Å². The van der Waals surface area contributed by atoms with Gasteiger partial charge in [0.1, 0.15) is 5.82 Å². The number of hydrogen-bond donors (Lipinski definition) is 0. The van der Waals surface area contributed by atoms with Crippen molar-refractivity contribution in [1.82, 2.24) is 14.9 Å². The second-order valence-electron chi connectivity index (χ2n) is 10.9. The molecule has 0 spiro atoms. The molecule has 0 atom stereocenters. The molecule has 1 fully saturated rings. The minimum atomic E-state index is 0.114. The third kappa shape index (κ3) is 6.59. The monoisotopic (exact) mass is 532 g/mol. The van der Waals surface area contributed by atoms with E-state index in [1.165, 1.54) is 36.0 Å². The van der Waals surface area contributed by atoms with E-state index in [1.54, 1.807) is 0 Å². The third-order valence-corrected chi connectivity index (χ3v) is 7.82. The third-order valence-electron chi connectivity index (χ3n) is 7.82. The topological polar surface area (TPSA) is 49.3 Å². The predicted molar refractivity (Wildman–Crippen MR) is 164 cm³/mol. The van der Waals surface area contributed by atoms with Crippen molar-refractivity contribution in [1.29, 1.82) is 0 Å². The molecule has 5 heteroatoms. The van der Waals surface area contributed by atoms with Gasteiger partial charge in [-0.2, -0.15) is 0 Å². The molecule has 5 rings (SSSR count). The Hall–Kier alpha value is -3.99. The maximum absolute atomic E-state index is 13.3. The van der Waals surface area contributed by atoms with Crippen molar-refractivity contribution in [3.05, 3.63) is 112 Å². The van der Waals surface area contributed by atoms with Gasteiger partial charge in [0.2, 0.25) is 0 Å². The van der Waals surface area contributed by atoms with E-state index in [-0.39, 0.29) is 5.91 Å². The van der Waals surface area contributed by atoms with Crippen molar-refractivity contribution >= 4 is 11.7 Å². The molecule has 0 N–H and O–H groups in total. The number of carbonyl (C=O) groups excluding carboxylic acids is 1. The lowest BCUT2D eigenvalue weighted by molar-refractivity contribution is 0.0746. The summed E-state index contributed by atoms with van der Waals surface area (Å²) in [6.07, 6.45) is 5.53. The van der Waals surface area contributed by atoms with Crippen LogP contribution in [0.2, 0.25) is 0 Å². The average molecular weight is 533 g/mol. The standard InChI is InChI=1S/C35H40N4O/c1-4-5-7-12-28-16-18-31(19-17-28)35(40)39-22-20-38(21-23-39)34-32(25-29-13-10-11-26(2)24-29)27(3)36-33(37-34)30-14-8-6-9-15-30/h6,8-11,13-19,24H,4-5,7,12,20-23,25H2,1-3H3. The molecule has 0 radical (unpaired) electrons. The highest BCUT2D eigenvalue weighted by molar-refractivity contribution is 5.94. The van der Waals surface area contributed by atoms with Gasteiger partial charge in [0.05, 0.1) is 0 Å². The Morgan fingerprint density at radius 2 is 1.55 bits per heavy atom. The van der Waals surface area contributed by atoms with E-state index < -0.39 is 0 Å². The first kappa shape index (κ1) is 27.6. The number of aryl methyl sites for hydroxylation is 3. The van der Waals surface area contributed by atoms with Gasteiger partial charge in [0.15, 0.2) is 5.82 Å². The predicted octanol–water partition coefficient (Wildman–Crippen LogP) is 7.05. The first-order chi connectivity index (χ1) is 19.5. The second kappa shape index (κ2) is 12.9. The summed E-state index contributed by atoms with van der Waals surface area (Å²) in [5, 5.41) is 0. The number of carbonyl (C=O) groups is 1. The van der Waals surface area contributed by atoms with E-state index in [4.69, 9.17) is 9.97 Å². The summed E-state index contributed by atoms with van der Waals surface area (Å²) in [6.45, 7) is 9.27. The zero-order valence-corrected chi connectivity index (χ0v) is 24.1. The molecule has 2 heterocycles. The van der Waals surface area contributed by atoms with Crippen molar-refractivity contribution in [3.8, 4) is 11.4 Å². The molecule has 1 aliphatic rings. The van der Waals surface area contributed by atoms with Crippen molar-refractivity contribution in [2.75, 3.05) is 31.1 Å². The molecule has 3 aromatic carbocycles. The first-order valence-electron chi connectivity index (χ1n) is 14.6. The molecular weight excluding hydrogens is 492 g/mol. The maximum atomic E-state index is 13.3. The van der Waals surface area contributed by atoms with Gasteiger partial charge in [-0.05, 0) is 49.9 Å². The Morgan fingerprint density at radius 3 is 2.25 bits per heavy atom. The molecule has 0 saturated carbocycles. The summed E-state index contributed by atoms with van der Waals surface area (Å²) in [5.74, 6) is 1.85. The van der Waals surface area contributed by atoms with Crippen molar-refractivity contribution < 1.29 is 4.79 Å². The Balaban J connectivity index is 1.35. The van der Waals surface area contributed by atoms with E-state index >= 15 is 0 Å². The highest BCUT2D eigenvalue weighted by Crippen LogP contribution is 2.29. The van der Waals surface area contributed by atoms with Crippen LogP contribution in [0, 0.1) is 13.8 Å². The Kier molecular flexibility index (Phi) is 8.90. The maximum Gasteiger partial charge on any atom is 0.253 e. The lowest BCUT2D eigenvalue weighted by atomic mass is 10.0. The number of benzene rings is 3. The Morgan fingerprint density at radius 1 is 0.800 bits per heavy atom. The van der Waals surface area contributed by atoms with Gasteiger partial charge in [-0.1, -0.05) is 92.1 Å². The molecule has 40 heavy (non-hydrogen) atoms. The van der Waals surface area contributed by atoms with E-state index in [2.05, 4.69) is 74.2 Å². The highest BCUT2D eigenvalue weighted by atomic mass is 16.2. The molecule has 1 saturated heterocycles. The van der Waals surface area contributed by atoms with Crippen LogP contribution in [0.3, 0.4) is 0 Å². The number of amides is 1. The average Bonchev–Trinajstić information content (AvgIpc) is 2.99. The number of nitrogens with zero attached hydrogens (tertiary/aromatic N) is 4. The fourth-order valence-corrected chi connectivity index (χ4v) is 5.49. The summed E-state index contributed by atoms with van der Waals surface area (Å²) in [7, 11) is 0. The number of piperazine rings is 1. The zero-order chi connectivity index (χ0) is 27.9. The molecule has 4 aromatic rings. The summed E-state index contributed by atoms with van der Waals surface area (Å²) < 4.78 is 0. The van der Waals surface area contributed by atoms with Crippen LogP contribution in [-0.4, -0.2) is 47.0 Å². The van der Waals surface area contributed by atoms with Gasteiger partial charge >= 0.3 is 0 Å². The number of hydrogen-bond acceptors (Lipinski definition) is 4. The highest BCUT2D eigenvalue weighted by Gasteiger charge is 2.26. The fourth-order valence-electron chi connectivity index (χ4n) is 5.49. The summed E-state index contributed by atoms with van der Waals surface area (Å²) in [6, 6.07) is 27.1. The molecule has 0 aliphatic carbocycles. The quantitative estimate of drug-likeness (QED) is 0.217. The lowest BCUT2D eigenvalue weighted by Crippen LogP contribution is -2.49. The largest absolute Gasteiger partial charge is 0.353 e. The number of anilines is 1. The SMILES string of the molecule is CCCCCc1ccc(C(=O)N2CCN(c3nc(-c4ccccc4)nc(C)c3Cc3cccc(C)c3)CC2)cc1. The molecular formula is C35H40N4O. The minimum absolute atomic E-state index is 0.114.